The molecule has 0 aliphatic carbocycles. The molecule has 0 aromatic heterocycles. The molecule has 3 aromatic carbocycles. The number of nitrogens with one attached hydrogen (secondary N) is 1. The van der Waals surface area contributed by atoms with Gasteiger partial charge in [-0.3, -0.25) is 0 Å². The summed E-state index contributed by atoms with van der Waals surface area (Å²) in [6.07, 6.45) is -2.26. The Hall–Kier alpha value is -2.85. The normalized spacial score (nSPS) is 12.8. The summed E-state index contributed by atoms with van der Waals surface area (Å²) >= 11 is 0. The SMILES string of the molecule is CC(C)(/C=C(/c1ccccc1)c1ccc(C(F)(F)F)cc1)NCc1ccccc1. The fraction of sp³-hybridized carbons (Fsp3) is 0.200. The lowest BCUT2D eigenvalue weighted by Crippen LogP contribution is -2.37. The molecule has 0 spiro atoms. The average Bonchev–Trinajstić information content (AvgIpc) is 2.72. The van der Waals surface area contributed by atoms with Gasteiger partial charge in [0.1, 0.15) is 0 Å². The van der Waals surface area contributed by atoms with Crippen molar-refractivity contribution in [2.45, 2.75) is 32.1 Å². The summed E-state index contributed by atoms with van der Waals surface area (Å²) in [5.74, 6) is 0. The molecule has 0 saturated heterocycles. The van der Waals surface area contributed by atoms with Crippen LogP contribution in [0.2, 0.25) is 0 Å². The zero-order chi connectivity index (χ0) is 20.9. The van der Waals surface area contributed by atoms with Crippen LogP contribution in [0.3, 0.4) is 0 Å². The third-order valence-electron chi connectivity index (χ3n) is 4.70. The fourth-order valence-electron chi connectivity index (χ4n) is 3.13. The van der Waals surface area contributed by atoms with Crippen LogP contribution < -0.4 is 5.32 Å². The Morgan fingerprint density at radius 3 is 1.83 bits per heavy atom. The minimum Gasteiger partial charge on any atom is -0.304 e. The minimum absolute atomic E-state index is 0.371. The summed E-state index contributed by atoms with van der Waals surface area (Å²) < 4.78 is 38.9. The Morgan fingerprint density at radius 1 is 0.759 bits per heavy atom. The van der Waals surface area contributed by atoms with E-state index in [2.05, 4.69) is 37.4 Å². The van der Waals surface area contributed by atoms with Gasteiger partial charge in [-0.05, 0) is 48.2 Å². The molecule has 0 radical (unpaired) electrons. The Labute approximate surface area is 169 Å². The predicted octanol–water partition coefficient (Wildman–Crippen LogP) is 6.71. The highest BCUT2D eigenvalue weighted by molar-refractivity contribution is 5.80. The quantitative estimate of drug-likeness (QED) is 0.489. The van der Waals surface area contributed by atoms with Crippen LogP contribution in [0, 0.1) is 0 Å². The average molecular weight is 395 g/mol. The largest absolute Gasteiger partial charge is 0.416 e. The van der Waals surface area contributed by atoms with Crippen LogP contribution in [0.15, 0.2) is 91.0 Å². The van der Waals surface area contributed by atoms with E-state index < -0.39 is 11.7 Å². The van der Waals surface area contributed by atoms with Gasteiger partial charge in [0, 0.05) is 12.1 Å². The maximum atomic E-state index is 13.0. The van der Waals surface area contributed by atoms with Crippen molar-refractivity contribution >= 4 is 5.57 Å². The van der Waals surface area contributed by atoms with E-state index in [-0.39, 0.29) is 5.54 Å². The molecule has 0 amide bonds. The van der Waals surface area contributed by atoms with Gasteiger partial charge >= 0.3 is 6.18 Å². The number of rotatable bonds is 6. The third kappa shape index (κ3) is 5.81. The van der Waals surface area contributed by atoms with Crippen molar-refractivity contribution in [1.29, 1.82) is 0 Å². The molecule has 3 aromatic rings. The molecule has 1 N–H and O–H groups in total. The van der Waals surface area contributed by atoms with Crippen molar-refractivity contribution in [2.75, 3.05) is 0 Å². The van der Waals surface area contributed by atoms with E-state index in [1.54, 1.807) is 0 Å². The van der Waals surface area contributed by atoms with Gasteiger partial charge in [-0.1, -0.05) is 78.9 Å². The Balaban J connectivity index is 1.93. The van der Waals surface area contributed by atoms with Crippen LogP contribution in [0.25, 0.3) is 5.57 Å². The molecule has 1 nitrogen and oxygen atoms in total. The van der Waals surface area contributed by atoms with Gasteiger partial charge in [0.2, 0.25) is 0 Å². The van der Waals surface area contributed by atoms with Crippen molar-refractivity contribution in [2.24, 2.45) is 0 Å². The summed E-state index contributed by atoms with van der Waals surface area (Å²) in [6.45, 7) is 4.81. The summed E-state index contributed by atoms with van der Waals surface area (Å²) in [7, 11) is 0. The first-order chi connectivity index (χ1) is 13.7. The molecule has 0 bridgehead atoms. The second-order valence-corrected chi connectivity index (χ2v) is 7.56. The molecular weight excluding hydrogens is 371 g/mol. The predicted molar refractivity (Wildman–Crippen MR) is 112 cm³/mol. The molecule has 29 heavy (non-hydrogen) atoms. The van der Waals surface area contributed by atoms with Crippen molar-refractivity contribution in [3.05, 3.63) is 113 Å². The molecular formula is C25H24F3N. The smallest absolute Gasteiger partial charge is 0.304 e. The standard InChI is InChI=1S/C25H24F3N/c1-24(2,29-18-19-9-5-3-6-10-19)17-23(20-11-7-4-8-12-20)21-13-15-22(16-14-21)25(26,27)28/h3-17,29H,18H2,1-2H3/b23-17-. The summed E-state index contributed by atoms with van der Waals surface area (Å²) in [5.41, 5.74) is 2.76. The zero-order valence-corrected chi connectivity index (χ0v) is 16.5. The molecule has 150 valence electrons. The van der Waals surface area contributed by atoms with Crippen LogP contribution in [-0.4, -0.2) is 5.54 Å². The van der Waals surface area contributed by atoms with Crippen LogP contribution in [0.4, 0.5) is 13.2 Å². The fourth-order valence-corrected chi connectivity index (χ4v) is 3.13. The van der Waals surface area contributed by atoms with Gasteiger partial charge in [0.25, 0.3) is 0 Å². The molecule has 0 fully saturated rings. The maximum absolute atomic E-state index is 13.0. The lowest BCUT2D eigenvalue weighted by molar-refractivity contribution is -0.137. The molecule has 0 aliphatic rings. The maximum Gasteiger partial charge on any atom is 0.416 e. The molecule has 0 atom stereocenters. The first-order valence-electron chi connectivity index (χ1n) is 9.49. The number of alkyl halides is 3. The van der Waals surface area contributed by atoms with E-state index in [4.69, 9.17) is 0 Å². The van der Waals surface area contributed by atoms with E-state index in [9.17, 15) is 13.2 Å². The lowest BCUT2D eigenvalue weighted by atomic mass is 9.91. The van der Waals surface area contributed by atoms with Gasteiger partial charge < -0.3 is 5.32 Å². The van der Waals surface area contributed by atoms with E-state index in [0.29, 0.717) is 6.54 Å². The number of hydrogen-bond donors (Lipinski definition) is 1. The highest BCUT2D eigenvalue weighted by atomic mass is 19.4. The van der Waals surface area contributed by atoms with E-state index in [0.717, 1.165) is 28.8 Å². The minimum atomic E-state index is -4.34. The van der Waals surface area contributed by atoms with E-state index in [1.807, 2.05) is 48.5 Å². The summed E-state index contributed by atoms with van der Waals surface area (Å²) in [5, 5.41) is 3.52. The zero-order valence-electron chi connectivity index (χ0n) is 16.5. The molecule has 0 aliphatic heterocycles. The van der Waals surface area contributed by atoms with Crippen molar-refractivity contribution < 1.29 is 13.2 Å². The molecule has 4 heteroatoms. The third-order valence-corrected chi connectivity index (χ3v) is 4.70. The molecule has 0 unspecified atom stereocenters. The number of benzene rings is 3. The van der Waals surface area contributed by atoms with Crippen molar-refractivity contribution in [3.63, 3.8) is 0 Å². The monoisotopic (exact) mass is 395 g/mol. The molecule has 3 rings (SSSR count). The summed E-state index contributed by atoms with van der Waals surface area (Å²) in [6, 6.07) is 25.1. The van der Waals surface area contributed by atoms with Gasteiger partial charge in [-0.15, -0.1) is 0 Å². The second-order valence-electron chi connectivity index (χ2n) is 7.56. The van der Waals surface area contributed by atoms with E-state index in [1.165, 1.54) is 17.7 Å². The van der Waals surface area contributed by atoms with Crippen molar-refractivity contribution in [3.8, 4) is 0 Å². The first-order valence-corrected chi connectivity index (χ1v) is 9.49. The Kier molecular flexibility index (Phi) is 6.23. The first kappa shape index (κ1) is 20.9. The van der Waals surface area contributed by atoms with Crippen molar-refractivity contribution in [1.82, 2.24) is 5.32 Å². The van der Waals surface area contributed by atoms with Gasteiger partial charge in [0.15, 0.2) is 0 Å². The number of hydrogen-bond acceptors (Lipinski definition) is 1. The van der Waals surface area contributed by atoms with E-state index >= 15 is 0 Å². The van der Waals surface area contributed by atoms with Gasteiger partial charge in [0.05, 0.1) is 5.56 Å². The van der Waals surface area contributed by atoms with Crippen LogP contribution in [0.5, 0.6) is 0 Å². The number of halogens is 3. The highest BCUT2D eigenvalue weighted by Gasteiger charge is 2.30. The lowest BCUT2D eigenvalue weighted by Gasteiger charge is -2.25. The Bertz CT molecular complexity index is 941. The summed E-state index contributed by atoms with van der Waals surface area (Å²) in [4.78, 5) is 0. The topological polar surface area (TPSA) is 12.0 Å². The van der Waals surface area contributed by atoms with Gasteiger partial charge in [-0.25, -0.2) is 0 Å². The molecule has 0 heterocycles. The van der Waals surface area contributed by atoms with Gasteiger partial charge in [-0.2, -0.15) is 13.2 Å². The molecule has 0 saturated carbocycles. The Morgan fingerprint density at radius 2 is 1.28 bits per heavy atom. The second kappa shape index (κ2) is 8.66. The van der Waals surface area contributed by atoms with Crippen LogP contribution >= 0.6 is 0 Å². The van der Waals surface area contributed by atoms with Crippen LogP contribution in [0.1, 0.15) is 36.1 Å². The highest BCUT2D eigenvalue weighted by Crippen LogP contribution is 2.32. The van der Waals surface area contributed by atoms with Crippen LogP contribution in [-0.2, 0) is 12.7 Å².